The molecule has 1 aliphatic heterocycles. The van der Waals surface area contributed by atoms with E-state index >= 15 is 0 Å². The lowest BCUT2D eigenvalue weighted by Gasteiger charge is -2.40. The van der Waals surface area contributed by atoms with Gasteiger partial charge in [-0.1, -0.05) is 24.6 Å². The zero-order chi connectivity index (χ0) is 24.2. The average Bonchev–Trinajstić information content (AvgIpc) is 2.65. The first kappa shape index (κ1) is 17.7. The Morgan fingerprint density at radius 2 is 2.00 bits per heavy atom. The van der Waals surface area contributed by atoms with Crippen LogP contribution in [0.2, 0.25) is 5.02 Å². The largest absolute Gasteiger partial charge is 0.480 e. The molecule has 9 heteroatoms. The number of benzene rings is 2. The fourth-order valence-electron chi connectivity index (χ4n) is 3.68. The van der Waals surface area contributed by atoms with Gasteiger partial charge in [0.25, 0.3) is 0 Å². The maximum atomic E-state index is 14.7. The summed E-state index contributed by atoms with van der Waals surface area (Å²) in [4.78, 5) is 12.7. The Bertz CT molecular complexity index is 1190. The van der Waals surface area contributed by atoms with Crippen LogP contribution in [0.5, 0.6) is 0 Å². The van der Waals surface area contributed by atoms with Crippen molar-refractivity contribution in [1.29, 1.82) is 0 Å². The molecule has 3 rings (SSSR count). The van der Waals surface area contributed by atoms with E-state index in [-0.39, 0.29) is 21.2 Å². The molecule has 2 aromatic carbocycles. The van der Waals surface area contributed by atoms with E-state index < -0.39 is 47.4 Å². The topological polar surface area (TPSA) is 77.9 Å². The van der Waals surface area contributed by atoms with E-state index in [1.807, 2.05) is 0 Å². The second-order valence-corrected chi connectivity index (χ2v) is 9.34. The van der Waals surface area contributed by atoms with Gasteiger partial charge in [-0.25, -0.2) is 12.8 Å². The number of nitrogens with zero attached hydrogens (tertiary/aromatic N) is 2. The van der Waals surface area contributed by atoms with Gasteiger partial charge in [0.2, 0.25) is 10.0 Å². The van der Waals surface area contributed by atoms with E-state index in [4.69, 9.17) is 15.7 Å². The van der Waals surface area contributed by atoms with Crippen molar-refractivity contribution in [2.24, 2.45) is 0 Å². The van der Waals surface area contributed by atoms with E-state index in [0.29, 0.717) is 15.4 Å². The number of carboxylic acids is 1. The van der Waals surface area contributed by atoms with Crippen LogP contribution in [0.15, 0.2) is 35.2 Å². The zero-order valence-electron chi connectivity index (χ0n) is 19.0. The summed E-state index contributed by atoms with van der Waals surface area (Å²) in [6.07, 6.45) is 0. The fraction of sp³-hybridized carbons (Fsp3) is 0.350. The summed E-state index contributed by atoms with van der Waals surface area (Å²) in [5.41, 5.74) is 1.12. The average molecular weight is 444 g/mol. The molecule has 0 spiro atoms. The summed E-state index contributed by atoms with van der Waals surface area (Å²) in [5, 5.41) is 10.1. The molecule has 0 aromatic heterocycles. The normalized spacial score (nSPS) is 20.2. The van der Waals surface area contributed by atoms with E-state index in [1.165, 1.54) is 25.1 Å². The smallest absolute Gasteiger partial charge is 0.322 e. The van der Waals surface area contributed by atoms with Crippen LogP contribution in [-0.4, -0.2) is 43.5 Å². The molecule has 0 saturated carbocycles. The molecule has 0 amide bonds. The van der Waals surface area contributed by atoms with E-state index in [0.717, 1.165) is 11.0 Å². The second-order valence-electron chi connectivity index (χ2n) is 7.05. The van der Waals surface area contributed by atoms with Gasteiger partial charge in [0.15, 0.2) is 0 Å². The van der Waals surface area contributed by atoms with Gasteiger partial charge in [-0.05, 0) is 54.8 Å². The maximum absolute atomic E-state index is 14.7. The molecule has 2 aromatic rings. The van der Waals surface area contributed by atoms with Crippen molar-refractivity contribution in [3.05, 3.63) is 57.9 Å². The molecule has 2 atom stereocenters. The molecule has 0 radical (unpaired) electrons. The number of carbonyl (C=O) groups is 1. The van der Waals surface area contributed by atoms with Gasteiger partial charge in [0.05, 0.1) is 12.4 Å². The quantitative estimate of drug-likeness (QED) is 0.778. The minimum Gasteiger partial charge on any atom is -0.480 e. The highest BCUT2D eigenvalue weighted by Gasteiger charge is 2.45. The van der Waals surface area contributed by atoms with Crippen molar-refractivity contribution < 1.29 is 26.8 Å². The monoisotopic (exact) mass is 443 g/mol. The molecule has 0 saturated heterocycles. The number of halogens is 2. The summed E-state index contributed by atoms with van der Waals surface area (Å²) in [5.74, 6) is -3.31. The number of hydrogen-bond donors (Lipinski definition) is 1. The van der Waals surface area contributed by atoms with Gasteiger partial charge in [0, 0.05) is 22.0 Å². The number of carboxylic acid groups (broad SMARTS) is 1. The van der Waals surface area contributed by atoms with Crippen LogP contribution in [-0.2, 0) is 14.8 Å². The Labute approximate surface area is 178 Å². The van der Waals surface area contributed by atoms with Crippen LogP contribution in [0.25, 0.3) is 0 Å². The molecule has 0 bridgehead atoms. The molecule has 0 aliphatic carbocycles. The predicted octanol–water partition coefficient (Wildman–Crippen LogP) is 3.75. The van der Waals surface area contributed by atoms with E-state index in [1.54, 1.807) is 19.9 Å². The minimum atomic E-state index is -4.45. The first-order valence-corrected chi connectivity index (χ1v) is 10.6. The van der Waals surface area contributed by atoms with Crippen LogP contribution in [0.4, 0.5) is 10.1 Å². The Morgan fingerprint density at radius 3 is 2.62 bits per heavy atom. The highest BCUT2D eigenvalue weighted by Crippen LogP contribution is 2.39. The lowest BCUT2D eigenvalue weighted by atomic mass is 9.87. The third-order valence-corrected chi connectivity index (χ3v) is 7.40. The van der Waals surface area contributed by atoms with Gasteiger partial charge in [-0.15, -0.1) is 0 Å². The van der Waals surface area contributed by atoms with Crippen molar-refractivity contribution in [2.45, 2.75) is 37.6 Å². The summed E-state index contributed by atoms with van der Waals surface area (Å²) in [7, 11) is -4.45. The van der Waals surface area contributed by atoms with Gasteiger partial charge >= 0.3 is 5.97 Å². The zero-order valence-corrected chi connectivity index (χ0v) is 17.6. The summed E-state index contributed by atoms with van der Waals surface area (Å²) >= 11 is 5.96. The molecular weight excluding hydrogens is 419 g/mol. The summed E-state index contributed by atoms with van der Waals surface area (Å²) in [6, 6.07) is 4.61. The van der Waals surface area contributed by atoms with Crippen LogP contribution >= 0.6 is 11.6 Å². The van der Waals surface area contributed by atoms with Crippen molar-refractivity contribution in [3.63, 3.8) is 0 Å². The highest BCUT2D eigenvalue weighted by molar-refractivity contribution is 7.89. The van der Waals surface area contributed by atoms with Crippen LogP contribution in [0, 0.1) is 19.7 Å². The van der Waals surface area contributed by atoms with E-state index in [9.17, 15) is 22.7 Å². The molecule has 1 N–H and O–H groups in total. The first-order valence-electron chi connectivity index (χ1n) is 10.3. The third kappa shape index (κ3) is 3.60. The third-order valence-electron chi connectivity index (χ3n) is 5.30. The Kier molecular flexibility index (Phi) is 4.63. The fourth-order valence-corrected chi connectivity index (χ4v) is 5.61. The Morgan fingerprint density at radius 1 is 1.31 bits per heavy atom. The van der Waals surface area contributed by atoms with Crippen molar-refractivity contribution in [2.75, 3.05) is 18.5 Å². The van der Waals surface area contributed by atoms with Gasteiger partial charge in [-0.3, -0.25) is 4.79 Å². The number of hydrogen-bond acceptors (Lipinski definition) is 4. The molecule has 1 heterocycles. The summed E-state index contributed by atoms with van der Waals surface area (Å²) in [6.45, 7) is 1.22. The molecule has 6 nitrogen and oxygen atoms in total. The molecule has 1 aliphatic rings. The van der Waals surface area contributed by atoms with E-state index in [2.05, 4.69) is 0 Å². The standard InChI is InChI=1S/C20H22ClFN2O4S/c1-11-5-7-15(22)18(12(11)2)13(3)19(20(25)26)24-10-23(4)16-9-14(21)6-8-17(16)29(24,27)28/h5-9,13,19H,10H2,1-4H3,(H,25,26)/i4D3. The Hall–Kier alpha value is -2.16. The highest BCUT2D eigenvalue weighted by atomic mass is 35.5. The van der Waals surface area contributed by atoms with Crippen molar-refractivity contribution in [3.8, 4) is 0 Å². The number of rotatable bonds is 4. The van der Waals surface area contributed by atoms with Gasteiger partial charge < -0.3 is 10.0 Å². The molecule has 0 fully saturated rings. The van der Waals surface area contributed by atoms with Crippen LogP contribution in [0.1, 0.15) is 33.6 Å². The summed E-state index contributed by atoms with van der Waals surface area (Å²) < 4.78 is 65.7. The number of sulfonamides is 1. The SMILES string of the molecule is [2H]C([2H])([2H])N1CN(C(C(=O)O)C(C)c2c(F)ccc(C)c2C)S(=O)(=O)c2ccc(Cl)cc21. The molecule has 2 unspecified atom stereocenters. The molecular formula is C20H22ClFN2O4S. The number of aliphatic carboxylic acids is 1. The van der Waals surface area contributed by atoms with Crippen LogP contribution in [0.3, 0.4) is 0 Å². The van der Waals surface area contributed by atoms with Crippen molar-refractivity contribution in [1.82, 2.24) is 4.31 Å². The van der Waals surface area contributed by atoms with Crippen LogP contribution < -0.4 is 4.90 Å². The number of fused-ring (bicyclic) bond motifs is 1. The van der Waals surface area contributed by atoms with Gasteiger partial charge in [-0.2, -0.15) is 4.31 Å². The molecule has 156 valence electrons. The predicted molar refractivity (Wildman–Crippen MR) is 109 cm³/mol. The minimum absolute atomic E-state index is 0.0648. The maximum Gasteiger partial charge on any atom is 0.322 e. The number of aryl methyl sites for hydroxylation is 1. The van der Waals surface area contributed by atoms with Crippen molar-refractivity contribution >= 4 is 33.3 Å². The molecule has 29 heavy (non-hydrogen) atoms. The second kappa shape index (κ2) is 7.59. The number of anilines is 1. The lowest BCUT2D eigenvalue weighted by molar-refractivity contribution is -0.142. The first-order chi connectivity index (χ1) is 14.7. The Balaban J connectivity index is 2.22. The lowest BCUT2D eigenvalue weighted by Crippen LogP contribution is -2.54. The van der Waals surface area contributed by atoms with Gasteiger partial charge in [0.1, 0.15) is 16.8 Å².